The Labute approximate surface area is 179 Å². The molecule has 0 spiro atoms. The van der Waals surface area contributed by atoms with Gasteiger partial charge in [0.15, 0.2) is 0 Å². The van der Waals surface area contributed by atoms with Crippen molar-refractivity contribution in [1.82, 2.24) is 10.3 Å². The van der Waals surface area contributed by atoms with E-state index in [9.17, 15) is 0 Å². The number of hydrogen-bond donors (Lipinski definition) is 2. The molecule has 1 fully saturated rings. The Hall–Kier alpha value is -2.31. The van der Waals surface area contributed by atoms with Gasteiger partial charge in [-0.1, -0.05) is 59.6 Å². The van der Waals surface area contributed by atoms with Gasteiger partial charge in [-0.3, -0.25) is 0 Å². The molecule has 0 amide bonds. The number of hydrogen-bond acceptors (Lipinski definition) is 5. The number of halogens is 2. The normalized spacial score (nSPS) is 13.9. The molecule has 0 bridgehead atoms. The van der Waals surface area contributed by atoms with Gasteiger partial charge >= 0.3 is 0 Å². The lowest BCUT2D eigenvalue weighted by molar-refractivity contribution is -0.00586. The summed E-state index contributed by atoms with van der Waals surface area (Å²) in [4.78, 5) is 4.68. The van der Waals surface area contributed by atoms with E-state index in [0.29, 0.717) is 34.2 Å². The summed E-state index contributed by atoms with van der Waals surface area (Å²) in [6, 6.07) is 15.6. The number of nitrogens with two attached hydrogens (primary N) is 1. The highest BCUT2D eigenvalue weighted by molar-refractivity contribution is 6.39. The second kappa shape index (κ2) is 8.59. The minimum Gasteiger partial charge on any atom is -0.481 e. The molecule has 1 aliphatic rings. The molecule has 2 aromatic carbocycles. The second-order valence-corrected chi connectivity index (χ2v) is 7.61. The van der Waals surface area contributed by atoms with Crippen LogP contribution in [0.4, 0.5) is 5.69 Å². The molecule has 4 rings (SSSR count). The van der Waals surface area contributed by atoms with Crippen molar-refractivity contribution in [3.05, 3.63) is 64.1 Å². The number of methoxy groups -OCH3 is 1. The predicted octanol–water partition coefficient (Wildman–Crippen LogP) is 4.80. The van der Waals surface area contributed by atoms with E-state index in [-0.39, 0.29) is 0 Å². The van der Waals surface area contributed by atoms with Gasteiger partial charge in [-0.25, -0.2) is 4.98 Å². The Morgan fingerprint density at radius 3 is 2.41 bits per heavy atom. The topological polar surface area (TPSA) is 69.4 Å². The van der Waals surface area contributed by atoms with Gasteiger partial charge < -0.3 is 20.5 Å². The van der Waals surface area contributed by atoms with Crippen LogP contribution in [-0.4, -0.2) is 31.3 Å². The van der Waals surface area contributed by atoms with E-state index in [1.807, 2.05) is 42.5 Å². The average molecular weight is 430 g/mol. The zero-order chi connectivity index (χ0) is 20.4. The molecule has 5 nitrogen and oxygen atoms in total. The first-order chi connectivity index (χ1) is 14.1. The van der Waals surface area contributed by atoms with E-state index in [2.05, 4.69) is 10.3 Å². The van der Waals surface area contributed by atoms with Crippen LogP contribution in [-0.2, 0) is 11.3 Å². The SMILES string of the molecule is COc1nc(-c2cccc(-c3cccc(N)c3Cl)c2Cl)ccc1CNC1COC1. The standard InChI is InChI=1S/C22H21Cl2N3O2/c1-28-22-13(10-26-14-11-29-12-14)8-9-19(27-22)17-6-2-4-15(20(17)23)16-5-3-7-18(25)21(16)24/h2-9,14,26H,10-12,25H2,1H3. The molecule has 2 heterocycles. The van der Waals surface area contributed by atoms with Crippen molar-refractivity contribution in [1.29, 1.82) is 0 Å². The summed E-state index contributed by atoms with van der Waals surface area (Å²) >= 11 is 13.2. The number of benzene rings is 2. The Morgan fingerprint density at radius 1 is 1.03 bits per heavy atom. The van der Waals surface area contributed by atoms with Crippen LogP contribution < -0.4 is 15.8 Å². The Morgan fingerprint density at radius 2 is 1.72 bits per heavy atom. The molecule has 0 saturated carbocycles. The summed E-state index contributed by atoms with van der Waals surface area (Å²) in [5.41, 5.74) is 10.6. The molecule has 1 aromatic heterocycles. The molecule has 3 N–H and O–H groups in total. The third-order valence-corrected chi connectivity index (χ3v) is 5.77. The number of ether oxygens (including phenoxy) is 2. The Balaban J connectivity index is 1.68. The lowest BCUT2D eigenvalue weighted by Crippen LogP contribution is -2.45. The highest BCUT2D eigenvalue weighted by Crippen LogP contribution is 2.40. The zero-order valence-corrected chi connectivity index (χ0v) is 17.4. The van der Waals surface area contributed by atoms with Gasteiger partial charge in [0.25, 0.3) is 0 Å². The largest absolute Gasteiger partial charge is 0.481 e. The summed E-state index contributed by atoms with van der Waals surface area (Å²) in [6.07, 6.45) is 0. The predicted molar refractivity (Wildman–Crippen MR) is 118 cm³/mol. The summed E-state index contributed by atoms with van der Waals surface area (Å²) < 4.78 is 10.7. The second-order valence-electron chi connectivity index (χ2n) is 6.86. The maximum absolute atomic E-state index is 6.76. The van der Waals surface area contributed by atoms with Crippen molar-refractivity contribution < 1.29 is 9.47 Å². The van der Waals surface area contributed by atoms with Crippen molar-refractivity contribution >= 4 is 28.9 Å². The van der Waals surface area contributed by atoms with Crippen molar-refractivity contribution in [2.24, 2.45) is 0 Å². The van der Waals surface area contributed by atoms with Crippen molar-refractivity contribution in [3.8, 4) is 28.3 Å². The molecule has 0 atom stereocenters. The lowest BCUT2D eigenvalue weighted by Gasteiger charge is -2.27. The van der Waals surface area contributed by atoms with Gasteiger partial charge in [0.2, 0.25) is 5.88 Å². The first-order valence-electron chi connectivity index (χ1n) is 9.26. The molecule has 1 aliphatic heterocycles. The van der Waals surface area contributed by atoms with E-state index < -0.39 is 0 Å². The van der Waals surface area contributed by atoms with Gasteiger partial charge in [-0.2, -0.15) is 0 Å². The third kappa shape index (κ3) is 4.05. The lowest BCUT2D eigenvalue weighted by atomic mass is 10.0. The summed E-state index contributed by atoms with van der Waals surface area (Å²) in [5, 5.41) is 4.47. The molecule has 29 heavy (non-hydrogen) atoms. The van der Waals surface area contributed by atoms with Gasteiger partial charge in [0.05, 0.1) is 47.8 Å². The Kier molecular flexibility index (Phi) is 5.92. The fourth-order valence-corrected chi connectivity index (χ4v) is 3.79. The minimum atomic E-state index is 0.383. The van der Waals surface area contributed by atoms with Crippen LogP contribution in [0.1, 0.15) is 5.56 Å². The summed E-state index contributed by atoms with van der Waals surface area (Å²) in [7, 11) is 1.62. The van der Waals surface area contributed by atoms with Crippen LogP contribution in [0.2, 0.25) is 10.0 Å². The number of rotatable bonds is 6. The molecule has 1 saturated heterocycles. The van der Waals surface area contributed by atoms with Crippen LogP contribution in [0.25, 0.3) is 22.4 Å². The molecule has 0 radical (unpaired) electrons. The highest BCUT2D eigenvalue weighted by Gasteiger charge is 2.19. The molecule has 7 heteroatoms. The fourth-order valence-electron chi connectivity index (χ4n) is 3.23. The quantitative estimate of drug-likeness (QED) is 0.550. The first-order valence-corrected chi connectivity index (χ1v) is 10.0. The minimum absolute atomic E-state index is 0.383. The number of anilines is 1. The maximum atomic E-state index is 6.76. The van der Waals surface area contributed by atoms with E-state index >= 15 is 0 Å². The fraction of sp³-hybridized carbons (Fsp3) is 0.227. The van der Waals surface area contributed by atoms with Gasteiger partial charge in [-0.05, 0) is 12.1 Å². The number of pyridine rings is 1. The third-order valence-electron chi connectivity index (χ3n) is 4.95. The van der Waals surface area contributed by atoms with Gasteiger partial charge in [-0.15, -0.1) is 0 Å². The number of nitrogens with one attached hydrogen (secondary N) is 1. The number of nitrogens with zero attached hydrogens (tertiary/aromatic N) is 1. The molecule has 0 aliphatic carbocycles. The maximum Gasteiger partial charge on any atom is 0.218 e. The Bertz CT molecular complexity index is 1040. The van der Waals surface area contributed by atoms with E-state index in [1.54, 1.807) is 13.2 Å². The number of nitrogen functional groups attached to an aromatic ring is 1. The highest BCUT2D eigenvalue weighted by atomic mass is 35.5. The van der Waals surface area contributed by atoms with Crippen LogP contribution >= 0.6 is 23.2 Å². The van der Waals surface area contributed by atoms with Crippen LogP contribution in [0.3, 0.4) is 0 Å². The number of aromatic nitrogens is 1. The molecular formula is C22H21Cl2N3O2. The van der Waals surface area contributed by atoms with Crippen molar-refractivity contribution in [2.45, 2.75) is 12.6 Å². The van der Waals surface area contributed by atoms with Crippen LogP contribution in [0.15, 0.2) is 48.5 Å². The average Bonchev–Trinajstić information content (AvgIpc) is 2.69. The van der Waals surface area contributed by atoms with E-state index in [4.69, 9.17) is 38.4 Å². The van der Waals surface area contributed by atoms with E-state index in [1.165, 1.54) is 0 Å². The summed E-state index contributed by atoms with van der Waals surface area (Å²) in [6.45, 7) is 2.14. The summed E-state index contributed by atoms with van der Waals surface area (Å²) in [5.74, 6) is 0.568. The van der Waals surface area contributed by atoms with Crippen LogP contribution in [0.5, 0.6) is 5.88 Å². The molecule has 3 aromatic rings. The monoisotopic (exact) mass is 429 g/mol. The van der Waals surface area contributed by atoms with E-state index in [0.717, 1.165) is 41.2 Å². The van der Waals surface area contributed by atoms with Crippen LogP contribution in [0, 0.1) is 0 Å². The molecule has 150 valence electrons. The van der Waals surface area contributed by atoms with Crippen molar-refractivity contribution in [2.75, 3.05) is 26.1 Å². The van der Waals surface area contributed by atoms with Gasteiger partial charge in [0.1, 0.15) is 0 Å². The molecular weight excluding hydrogens is 409 g/mol. The molecule has 0 unspecified atom stereocenters. The zero-order valence-electron chi connectivity index (χ0n) is 15.9. The van der Waals surface area contributed by atoms with Crippen molar-refractivity contribution in [3.63, 3.8) is 0 Å². The first kappa shape index (κ1) is 20.0. The van der Waals surface area contributed by atoms with Gasteiger partial charge in [0, 0.05) is 28.8 Å². The smallest absolute Gasteiger partial charge is 0.218 e.